The molecule has 0 spiro atoms. The Bertz CT molecular complexity index is 1230. The van der Waals surface area contributed by atoms with Crippen LogP contribution >= 0.6 is 0 Å². The van der Waals surface area contributed by atoms with Crippen molar-refractivity contribution < 1.29 is 24.2 Å². The van der Waals surface area contributed by atoms with Gasteiger partial charge in [0.15, 0.2) is 5.76 Å². The number of benzene rings is 1. The van der Waals surface area contributed by atoms with Crippen LogP contribution in [-0.2, 0) is 26.1 Å². The molecule has 2 aliphatic heterocycles. The number of aliphatic hydroxyl groups excluding tert-OH is 1. The molecule has 39 heavy (non-hydrogen) atoms. The summed E-state index contributed by atoms with van der Waals surface area (Å²) in [6, 6.07) is 9.43. The number of carbonyl (C=O) groups is 2. The van der Waals surface area contributed by atoms with Gasteiger partial charge in [0.05, 0.1) is 5.69 Å². The van der Waals surface area contributed by atoms with Crippen molar-refractivity contribution in [3.05, 3.63) is 63.8 Å². The highest BCUT2D eigenvalue weighted by atomic mass is 16.7. The standard InChI is InChI=1S/C29H40N4O6/c1-4-38-29-22(13-9-18-34)23(26-20(2)31(3)33(28(26)37)21-11-6-5-7-12-21)19-24(39-29)27(36)30-15-10-17-32-16-8-14-25(32)35/h5-7,11-12,19,22-23,29,34H,4,8-10,13-18H2,1-3H3,(H,30,36)/t22-,23-,29+/m1/s1. The van der Waals surface area contributed by atoms with Crippen molar-refractivity contribution in [2.75, 3.05) is 32.8 Å². The first-order chi connectivity index (χ1) is 18.9. The van der Waals surface area contributed by atoms with E-state index in [2.05, 4.69) is 5.32 Å². The predicted molar refractivity (Wildman–Crippen MR) is 146 cm³/mol. The molecule has 2 amide bonds. The van der Waals surface area contributed by atoms with E-state index in [1.54, 1.807) is 10.8 Å². The van der Waals surface area contributed by atoms with Crippen LogP contribution in [0.5, 0.6) is 0 Å². The summed E-state index contributed by atoms with van der Waals surface area (Å²) in [6.45, 7) is 5.90. The summed E-state index contributed by atoms with van der Waals surface area (Å²) < 4.78 is 15.5. The topological polar surface area (TPSA) is 115 Å². The Hall–Kier alpha value is -3.37. The molecule has 1 aromatic heterocycles. The van der Waals surface area contributed by atoms with Crippen molar-refractivity contribution >= 4 is 11.8 Å². The maximum absolute atomic E-state index is 13.9. The van der Waals surface area contributed by atoms with E-state index in [1.165, 1.54) is 0 Å². The van der Waals surface area contributed by atoms with Gasteiger partial charge in [0.25, 0.3) is 11.5 Å². The van der Waals surface area contributed by atoms with Gasteiger partial charge >= 0.3 is 0 Å². The van der Waals surface area contributed by atoms with E-state index in [0.29, 0.717) is 50.9 Å². The molecule has 1 aromatic carbocycles. The SMILES string of the molecule is CCO[C@H]1OC(C(=O)NCCCN2CCCC2=O)=C[C@@H](c2c(C)n(C)n(-c3ccccc3)c2=O)[C@H]1CCCO. The van der Waals surface area contributed by atoms with Crippen molar-refractivity contribution in [3.63, 3.8) is 0 Å². The monoisotopic (exact) mass is 540 g/mol. The molecule has 0 saturated carbocycles. The zero-order chi connectivity index (χ0) is 27.9. The quantitative estimate of drug-likeness (QED) is 0.400. The molecule has 1 fully saturated rings. The number of hydrogen-bond donors (Lipinski definition) is 2. The van der Waals surface area contributed by atoms with E-state index >= 15 is 0 Å². The van der Waals surface area contributed by atoms with Crippen LogP contribution in [0.1, 0.15) is 56.2 Å². The van der Waals surface area contributed by atoms with Gasteiger partial charge in [0.2, 0.25) is 12.2 Å². The largest absolute Gasteiger partial charge is 0.459 e. The Morgan fingerprint density at radius 1 is 1.21 bits per heavy atom. The molecule has 1 saturated heterocycles. The molecule has 212 valence electrons. The van der Waals surface area contributed by atoms with E-state index in [1.807, 2.05) is 60.8 Å². The molecular weight excluding hydrogens is 500 g/mol. The van der Waals surface area contributed by atoms with Crippen LogP contribution in [0.25, 0.3) is 5.69 Å². The van der Waals surface area contributed by atoms with Gasteiger partial charge in [-0.05, 0) is 57.7 Å². The second-order valence-corrected chi connectivity index (χ2v) is 10.1. The number of nitrogens with one attached hydrogen (secondary N) is 1. The van der Waals surface area contributed by atoms with Gasteiger partial charge in [-0.1, -0.05) is 18.2 Å². The Kier molecular flexibility index (Phi) is 9.63. The number of aliphatic hydroxyl groups is 1. The van der Waals surface area contributed by atoms with Gasteiger partial charge in [-0.15, -0.1) is 0 Å². The van der Waals surface area contributed by atoms with E-state index in [4.69, 9.17) is 9.47 Å². The lowest BCUT2D eigenvalue weighted by atomic mass is 9.80. The minimum Gasteiger partial charge on any atom is -0.459 e. The summed E-state index contributed by atoms with van der Waals surface area (Å²) in [7, 11) is 1.85. The Labute approximate surface area is 229 Å². The summed E-state index contributed by atoms with van der Waals surface area (Å²) in [6.07, 6.45) is 4.17. The highest BCUT2D eigenvalue weighted by Gasteiger charge is 2.40. The van der Waals surface area contributed by atoms with Gasteiger partial charge < -0.3 is 24.8 Å². The van der Waals surface area contributed by atoms with Crippen LogP contribution in [0.4, 0.5) is 0 Å². The first-order valence-electron chi connectivity index (χ1n) is 13.9. The van der Waals surface area contributed by atoms with Crippen molar-refractivity contribution in [2.45, 2.75) is 58.2 Å². The van der Waals surface area contributed by atoms with Crippen molar-refractivity contribution in [1.82, 2.24) is 19.6 Å². The number of hydrogen-bond acceptors (Lipinski definition) is 6. The van der Waals surface area contributed by atoms with E-state index < -0.39 is 12.2 Å². The molecule has 0 unspecified atom stereocenters. The van der Waals surface area contributed by atoms with Gasteiger partial charge in [-0.25, -0.2) is 4.68 Å². The normalized spacial score (nSPS) is 21.1. The predicted octanol–water partition coefficient (Wildman–Crippen LogP) is 2.36. The lowest BCUT2D eigenvalue weighted by Crippen LogP contribution is -2.40. The first kappa shape index (κ1) is 28.6. The zero-order valence-electron chi connectivity index (χ0n) is 23.1. The number of ether oxygens (including phenoxy) is 2. The number of para-hydroxylation sites is 1. The molecular formula is C29H40N4O6. The van der Waals surface area contributed by atoms with E-state index in [9.17, 15) is 19.5 Å². The van der Waals surface area contributed by atoms with Crippen molar-refractivity contribution in [2.24, 2.45) is 13.0 Å². The average Bonchev–Trinajstić information content (AvgIpc) is 3.44. The molecule has 10 nitrogen and oxygen atoms in total. The lowest BCUT2D eigenvalue weighted by molar-refractivity contribution is -0.166. The zero-order valence-corrected chi connectivity index (χ0v) is 23.1. The molecule has 10 heteroatoms. The Balaban J connectivity index is 1.63. The number of likely N-dealkylation sites (tertiary alicyclic amines) is 1. The summed E-state index contributed by atoms with van der Waals surface area (Å²) in [4.78, 5) is 40.8. The van der Waals surface area contributed by atoms with Crippen LogP contribution in [0.2, 0.25) is 0 Å². The van der Waals surface area contributed by atoms with Crippen LogP contribution in [0.15, 0.2) is 47.0 Å². The third-order valence-corrected chi connectivity index (χ3v) is 7.63. The molecule has 0 aliphatic carbocycles. The number of carbonyl (C=O) groups excluding carboxylic acids is 2. The van der Waals surface area contributed by atoms with Crippen molar-refractivity contribution in [3.8, 4) is 5.69 Å². The summed E-state index contributed by atoms with van der Waals surface area (Å²) in [5.74, 6) is -0.823. The minimum absolute atomic E-state index is 0.000657. The minimum atomic E-state index is -0.747. The highest BCUT2D eigenvalue weighted by Crippen LogP contribution is 2.39. The number of allylic oxidation sites excluding steroid dienone is 1. The maximum atomic E-state index is 13.9. The smallest absolute Gasteiger partial charge is 0.286 e. The van der Waals surface area contributed by atoms with Crippen LogP contribution < -0.4 is 10.9 Å². The highest BCUT2D eigenvalue weighted by molar-refractivity contribution is 5.91. The number of nitrogens with zero attached hydrogens (tertiary/aromatic N) is 3. The van der Waals surface area contributed by atoms with Gasteiger partial charge in [0, 0.05) is 69.4 Å². The maximum Gasteiger partial charge on any atom is 0.286 e. The summed E-state index contributed by atoms with van der Waals surface area (Å²) in [5.41, 5.74) is 1.95. The summed E-state index contributed by atoms with van der Waals surface area (Å²) in [5, 5.41) is 12.5. The molecule has 2 N–H and O–H groups in total. The fourth-order valence-electron chi connectivity index (χ4n) is 5.57. The van der Waals surface area contributed by atoms with Gasteiger partial charge in [-0.2, -0.15) is 0 Å². The fourth-order valence-corrected chi connectivity index (χ4v) is 5.57. The fraction of sp³-hybridized carbons (Fsp3) is 0.552. The van der Waals surface area contributed by atoms with E-state index in [0.717, 1.165) is 24.3 Å². The average molecular weight is 541 g/mol. The second kappa shape index (κ2) is 13.1. The molecule has 0 bridgehead atoms. The van der Waals surface area contributed by atoms with Crippen LogP contribution in [0, 0.1) is 12.8 Å². The number of aromatic nitrogens is 2. The summed E-state index contributed by atoms with van der Waals surface area (Å²) >= 11 is 0. The number of rotatable bonds is 12. The molecule has 3 heterocycles. The molecule has 3 atom stereocenters. The molecule has 4 rings (SSSR count). The van der Waals surface area contributed by atoms with E-state index in [-0.39, 0.29) is 35.7 Å². The first-order valence-corrected chi connectivity index (χ1v) is 13.9. The van der Waals surface area contributed by atoms with Crippen molar-refractivity contribution in [1.29, 1.82) is 0 Å². The van der Waals surface area contributed by atoms with Crippen LogP contribution in [-0.4, -0.2) is 70.3 Å². The molecule has 2 aromatic rings. The molecule has 2 aliphatic rings. The Morgan fingerprint density at radius 3 is 2.64 bits per heavy atom. The van der Waals surface area contributed by atoms with Gasteiger partial charge in [0.1, 0.15) is 0 Å². The third kappa shape index (κ3) is 6.28. The van der Waals surface area contributed by atoms with Gasteiger partial charge in [-0.3, -0.25) is 19.1 Å². The Morgan fingerprint density at radius 2 is 1.97 bits per heavy atom. The third-order valence-electron chi connectivity index (χ3n) is 7.63. The second-order valence-electron chi connectivity index (χ2n) is 10.1. The molecule has 0 radical (unpaired) electrons. The lowest BCUT2D eigenvalue weighted by Gasteiger charge is -2.36. The van der Waals surface area contributed by atoms with Crippen LogP contribution in [0.3, 0.4) is 0 Å². The number of amides is 2.